The standard InChI is InChI=1S/C26H25ClFN5O2/c1-15-3-4-17-5-8-20(31-26(35)18-11-12-30-23(27)13-18)14-22(17)24(15)33(32-16(2)25(29)34)21-9-6-19(28)7-10-21/h5-14,25,34H,3-4,29H2,1-2H3,(H,31,35)/b32-16+. The Bertz CT molecular complexity index is 1320. The predicted octanol–water partition coefficient (Wildman–Crippen LogP) is 4.96. The van der Waals surface area contributed by atoms with Crippen LogP contribution in [0.1, 0.15) is 41.8 Å². The van der Waals surface area contributed by atoms with E-state index in [1.165, 1.54) is 24.4 Å². The van der Waals surface area contributed by atoms with E-state index in [1.54, 1.807) is 30.1 Å². The number of amides is 1. The van der Waals surface area contributed by atoms with Crippen LogP contribution in [0, 0.1) is 5.82 Å². The highest BCUT2D eigenvalue weighted by Gasteiger charge is 2.24. The molecule has 0 saturated heterocycles. The minimum absolute atomic E-state index is 0.231. The first kappa shape index (κ1) is 24.5. The average Bonchev–Trinajstić information content (AvgIpc) is 2.83. The first-order valence-corrected chi connectivity index (χ1v) is 11.4. The van der Waals surface area contributed by atoms with Crippen molar-refractivity contribution >= 4 is 40.3 Å². The van der Waals surface area contributed by atoms with E-state index in [1.807, 2.05) is 25.1 Å². The lowest BCUT2D eigenvalue weighted by Gasteiger charge is -2.30. The lowest BCUT2D eigenvalue weighted by molar-refractivity contribution is 0.102. The fourth-order valence-electron chi connectivity index (χ4n) is 3.84. The van der Waals surface area contributed by atoms with Crippen LogP contribution in [0.5, 0.6) is 0 Å². The molecule has 1 atom stereocenters. The summed E-state index contributed by atoms with van der Waals surface area (Å²) in [6, 6.07) is 14.7. The zero-order valence-electron chi connectivity index (χ0n) is 19.3. The lowest BCUT2D eigenvalue weighted by atomic mass is 9.89. The van der Waals surface area contributed by atoms with Crippen molar-refractivity contribution in [3.05, 3.63) is 94.0 Å². The Balaban J connectivity index is 1.77. The van der Waals surface area contributed by atoms with Gasteiger partial charge in [-0.15, -0.1) is 0 Å². The maximum atomic E-state index is 13.7. The van der Waals surface area contributed by atoms with Gasteiger partial charge in [0.05, 0.1) is 17.1 Å². The zero-order valence-corrected chi connectivity index (χ0v) is 20.1. The van der Waals surface area contributed by atoms with Crippen LogP contribution >= 0.6 is 11.6 Å². The third-order valence-corrected chi connectivity index (χ3v) is 5.96. The van der Waals surface area contributed by atoms with Gasteiger partial charge in [-0.2, -0.15) is 5.10 Å². The molecule has 0 spiro atoms. The highest BCUT2D eigenvalue weighted by atomic mass is 35.5. The van der Waals surface area contributed by atoms with Crippen molar-refractivity contribution in [1.82, 2.24) is 4.98 Å². The number of nitrogens with one attached hydrogen (secondary N) is 1. The summed E-state index contributed by atoms with van der Waals surface area (Å²) in [5.41, 5.74) is 11.3. The average molecular weight is 494 g/mol. The smallest absolute Gasteiger partial charge is 0.255 e. The normalized spacial score (nSPS) is 14.4. The van der Waals surface area contributed by atoms with Gasteiger partial charge in [-0.05, 0) is 86.4 Å². The van der Waals surface area contributed by atoms with Crippen LogP contribution < -0.4 is 16.1 Å². The minimum atomic E-state index is -1.25. The van der Waals surface area contributed by atoms with Crippen molar-refractivity contribution in [2.45, 2.75) is 32.9 Å². The third-order valence-electron chi connectivity index (χ3n) is 5.75. The van der Waals surface area contributed by atoms with Crippen LogP contribution in [0.15, 0.2) is 71.5 Å². The summed E-state index contributed by atoms with van der Waals surface area (Å²) in [5, 5.41) is 19.3. The number of hydrogen-bond donors (Lipinski definition) is 3. The number of anilines is 2. The summed E-state index contributed by atoms with van der Waals surface area (Å²) in [5.74, 6) is -0.688. The molecule has 1 aliphatic carbocycles. The van der Waals surface area contributed by atoms with E-state index in [0.29, 0.717) is 22.6 Å². The van der Waals surface area contributed by atoms with Crippen LogP contribution in [0.2, 0.25) is 5.15 Å². The Hall–Kier alpha value is -3.59. The zero-order chi connectivity index (χ0) is 25.1. The quantitative estimate of drug-likeness (QED) is 0.195. The molecular weight excluding hydrogens is 469 g/mol. The number of nitrogens with two attached hydrogens (primary N) is 1. The molecule has 1 aliphatic rings. The summed E-state index contributed by atoms with van der Waals surface area (Å²) in [6.45, 7) is 3.63. The van der Waals surface area contributed by atoms with Crippen molar-refractivity contribution in [3.8, 4) is 0 Å². The second kappa shape index (κ2) is 10.4. The molecule has 4 rings (SSSR count). The van der Waals surface area contributed by atoms with E-state index in [2.05, 4.69) is 15.4 Å². The van der Waals surface area contributed by atoms with Crippen molar-refractivity contribution in [2.75, 3.05) is 10.3 Å². The Morgan fingerprint density at radius 3 is 2.63 bits per heavy atom. The molecule has 4 N–H and O–H groups in total. The van der Waals surface area contributed by atoms with Crippen LogP contribution in [0.3, 0.4) is 0 Å². The van der Waals surface area contributed by atoms with Gasteiger partial charge >= 0.3 is 0 Å². The largest absolute Gasteiger partial charge is 0.373 e. The van der Waals surface area contributed by atoms with Crippen molar-refractivity contribution in [1.29, 1.82) is 0 Å². The van der Waals surface area contributed by atoms with E-state index >= 15 is 0 Å². The number of aromatic nitrogens is 1. The SMILES string of the molecule is CC1=C(N(/N=C(\C)C(N)O)c2ccc(F)cc2)c2cc(NC(=O)c3ccnc(Cl)c3)ccc2CC1. The first-order chi connectivity index (χ1) is 16.7. The topological polar surface area (TPSA) is 104 Å². The number of rotatable bonds is 6. The Kier molecular flexibility index (Phi) is 7.25. The molecule has 1 unspecified atom stereocenters. The summed E-state index contributed by atoms with van der Waals surface area (Å²) in [4.78, 5) is 16.7. The van der Waals surface area contributed by atoms with Gasteiger partial charge in [-0.25, -0.2) is 14.4 Å². The molecule has 0 radical (unpaired) electrons. The molecule has 1 amide bonds. The molecule has 0 aliphatic heterocycles. The predicted molar refractivity (Wildman–Crippen MR) is 137 cm³/mol. The molecule has 0 saturated carbocycles. The molecule has 1 aromatic heterocycles. The first-order valence-electron chi connectivity index (χ1n) is 11.0. The molecule has 35 heavy (non-hydrogen) atoms. The van der Waals surface area contributed by atoms with Crippen LogP contribution in [0.25, 0.3) is 5.70 Å². The van der Waals surface area contributed by atoms with Gasteiger partial charge in [0.25, 0.3) is 5.91 Å². The van der Waals surface area contributed by atoms with Crippen LogP contribution in [0.4, 0.5) is 15.8 Å². The molecule has 180 valence electrons. The second-order valence-electron chi connectivity index (χ2n) is 8.30. The number of hydrazone groups is 1. The van der Waals surface area contributed by atoms with Gasteiger partial charge in [-0.1, -0.05) is 17.7 Å². The highest BCUT2D eigenvalue weighted by Crippen LogP contribution is 2.38. The maximum absolute atomic E-state index is 13.7. The molecule has 1 heterocycles. The summed E-state index contributed by atoms with van der Waals surface area (Å²) in [7, 11) is 0. The van der Waals surface area contributed by atoms with Crippen molar-refractivity contribution < 1.29 is 14.3 Å². The van der Waals surface area contributed by atoms with Gasteiger partial charge in [-0.3, -0.25) is 4.79 Å². The van der Waals surface area contributed by atoms with E-state index < -0.39 is 6.23 Å². The number of hydrogen-bond acceptors (Lipinski definition) is 6. The fraction of sp³-hybridized carbons (Fsp3) is 0.192. The number of aliphatic hydroxyl groups is 1. The van der Waals surface area contributed by atoms with E-state index in [-0.39, 0.29) is 16.9 Å². The molecule has 7 nitrogen and oxygen atoms in total. The minimum Gasteiger partial charge on any atom is -0.373 e. The number of fused-ring (bicyclic) bond motifs is 1. The molecule has 3 aromatic rings. The molecular formula is C26H25ClFN5O2. The number of pyridine rings is 1. The molecule has 0 fully saturated rings. The Morgan fingerprint density at radius 2 is 1.94 bits per heavy atom. The molecule has 0 bridgehead atoms. The third kappa shape index (κ3) is 5.57. The van der Waals surface area contributed by atoms with Gasteiger partial charge in [0.2, 0.25) is 0 Å². The molecule has 2 aromatic carbocycles. The van der Waals surface area contributed by atoms with Gasteiger partial charge in [0.1, 0.15) is 17.2 Å². The van der Waals surface area contributed by atoms with E-state index in [0.717, 1.165) is 35.2 Å². The number of benzene rings is 2. The number of allylic oxidation sites excluding steroid dienone is 1. The maximum Gasteiger partial charge on any atom is 0.255 e. The number of nitrogens with zero attached hydrogens (tertiary/aromatic N) is 3. The van der Waals surface area contributed by atoms with Gasteiger partial charge in [0, 0.05) is 23.0 Å². The number of carbonyl (C=O) groups excluding carboxylic acids is 1. The van der Waals surface area contributed by atoms with Crippen molar-refractivity contribution in [2.24, 2.45) is 10.8 Å². The number of halogens is 2. The summed E-state index contributed by atoms with van der Waals surface area (Å²) < 4.78 is 13.7. The Labute approximate surface area is 207 Å². The van der Waals surface area contributed by atoms with Crippen molar-refractivity contribution in [3.63, 3.8) is 0 Å². The van der Waals surface area contributed by atoms with Crippen LogP contribution in [-0.4, -0.2) is 27.9 Å². The highest BCUT2D eigenvalue weighted by molar-refractivity contribution is 6.29. The summed E-state index contributed by atoms with van der Waals surface area (Å²) >= 11 is 5.92. The Morgan fingerprint density at radius 1 is 1.20 bits per heavy atom. The van der Waals surface area contributed by atoms with Crippen LogP contribution in [-0.2, 0) is 6.42 Å². The second-order valence-corrected chi connectivity index (χ2v) is 8.68. The molecule has 9 heteroatoms. The number of aryl methyl sites for hydroxylation is 1. The summed E-state index contributed by atoms with van der Waals surface area (Å²) in [6.07, 6.45) is 1.83. The lowest BCUT2D eigenvalue weighted by Crippen LogP contribution is -2.31. The van der Waals surface area contributed by atoms with Gasteiger partial charge < -0.3 is 16.2 Å². The monoisotopic (exact) mass is 493 g/mol. The van der Waals surface area contributed by atoms with E-state index in [9.17, 15) is 14.3 Å². The van der Waals surface area contributed by atoms with E-state index in [4.69, 9.17) is 17.3 Å². The number of aliphatic hydroxyl groups excluding tert-OH is 1. The number of carbonyl (C=O) groups is 1. The van der Waals surface area contributed by atoms with Gasteiger partial charge in [0.15, 0.2) is 0 Å². The fourth-order valence-corrected chi connectivity index (χ4v) is 4.01.